The Bertz CT molecular complexity index is 379. The Kier molecular flexibility index (Phi) is 12.8. The Morgan fingerprint density at radius 1 is 0.840 bits per heavy atom. The van der Waals surface area contributed by atoms with Gasteiger partial charge in [0.15, 0.2) is 0 Å². The molecule has 4 nitrogen and oxygen atoms in total. The third-order valence-corrected chi connectivity index (χ3v) is 7.18. The van der Waals surface area contributed by atoms with Crippen LogP contribution in [0.15, 0.2) is 0 Å². The van der Waals surface area contributed by atoms with Crippen molar-refractivity contribution < 1.29 is 19.8 Å². The third-order valence-electron chi connectivity index (χ3n) is 5.62. The van der Waals surface area contributed by atoms with E-state index in [-0.39, 0.29) is 11.8 Å². The molecule has 0 aliphatic heterocycles. The average Bonchev–Trinajstić information content (AvgIpc) is 2.55. The van der Waals surface area contributed by atoms with Crippen LogP contribution in [-0.4, -0.2) is 26.1 Å². The normalized spacial score (nSPS) is 17.5. The molecule has 0 fully saturated rings. The van der Waals surface area contributed by atoms with Crippen molar-refractivity contribution in [3.8, 4) is 0 Å². The van der Waals surface area contributed by atoms with Gasteiger partial charge in [0.25, 0.3) is 0 Å². The maximum absolute atomic E-state index is 12.4. The number of alkyl halides is 1. The van der Waals surface area contributed by atoms with Gasteiger partial charge in [-0.15, -0.1) is 0 Å². The van der Waals surface area contributed by atoms with Gasteiger partial charge < -0.3 is 10.2 Å². The van der Waals surface area contributed by atoms with E-state index in [0.29, 0.717) is 0 Å². The predicted molar refractivity (Wildman–Crippen MR) is 111 cm³/mol. The van der Waals surface area contributed by atoms with Crippen LogP contribution in [0.25, 0.3) is 0 Å². The quantitative estimate of drug-likeness (QED) is 0.172. The lowest BCUT2D eigenvalue weighted by Gasteiger charge is -2.42. The second kappa shape index (κ2) is 12.9. The van der Waals surface area contributed by atoms with Gasteiger partial charge in [-0.3, -0.25) is 9.59 Å². The van der Waals surface area contributed by atoms with E-state index in [0.717, 1.165) is 64.2 Å². The molecule has 0 bridgehead atoms. The summed E-state index contributed by atoms with van der Waals surface area (Å²) < 4.78 is -0.912. The molecule has 5 heteroatoms. The highest BCUT2D eigenvalue weighted by Crippen LogP contribution is 2.47. The van der Waals surface area contributed by atoms with E-state index in [9.17, 15) is 19.8 Å². The molecule has 0 aromatic rings. The Balaban J connectivity index is 5.36. The first-order valence-corrected chi connectivity index (χ1v) is 11.1. The summed E-state index contributed by atoms with van der Waals surface area (Å²) in [7, 11) is 0. The Labute approximate surface area is 167 Å². The molecule has 2 N–H and O–H groups in total. The number of unbranched alkanes of at least 4 members (excludes halogenated alkanes) is 6. The van der Waals surface area contributed by atoms with Crippen LogP contribution in [0.1, 0.15) is 91.9 Å². The van der Waals surface area contributed by atoms with Crippen molar-refractivity contribution in [1.29, 1.82) is 0 Å². The van der Waals surface area contributed by atoms with Gasteiger partial charge in [-0.25, -0.2) is 0 Å². The van der Waals surface area contributed by atoms with Crippen LogP contribution in [0.4, 0.5) is 0 Å². The zero-order valence-electron chi connectivity index (χ0n) is 16.4. The van der Waals surface area contributed by atoms with Crippen LogP contribution >= 0.6 is 22.6 Å². The maximum Gasteiger partial charge on any atom is 0.317 e. The second-order valence-electron chi connectivity index (χ2n) is 7.44. The molecule has 3 unspecified atom stereocenters. The van der Waals surface area contributed by atoms with Gasteiger partial charge in [0, 0.05) is 0 Å². The molecule has 0 aliphatic rings. The molecule has 0 radical (unpaired) electrons. The standard InChI is InChI=1S/C20H37IO4/c1-5-7-9-11-13-15(3)20(19(24)25,17(21)18(22)23)16(4)14-12-10-8-6-2/h15-17H,5-14H2,1-4H3,(H,22,23)(H,24,25). The number of aliphatic carboxylic acids is 2. The SMILES string of the molecule is CCCCCCC(C)C(C(=O)O)(C(C)CCCCCC)C(I)C(=O)O. The molecule has 3 atom stereocenters. The maximum atomic E-state index is 12.4. The summed E-state index contributed by atoms with van der Waals surface area (Å²) in [5.74, 6) is -2.26. The van der Waals surface area contributed by atoms with Crippen molar-refractivity contribution in [2.24, 2.45) is 17.3 Å². The minimum absolute atomic E-state index is 0.152. The first-order chi connectivity index (χ1) is 11.8. The lowest BCUT2D eigenvalue weighted by molar-refractivity contribution is -0.162. The van der Waals surface area contributed by atoms with E-state index in [4.69, 9.17) is 0 Å². The molecular weight excluding hydrogens is 431 g/mol. The number of carboxylic acids is 2. The summed E-state index contributed by atoms with van der Waals surface area (Å²) in [6.45, 7) is 8.18. The van der Waals surface area contributed by atoms with Crippen LogP contribution in [0.5, 0.6) is 0 Å². The van der Waals surface area contributed by atoms with Crippen molar-refractivity contribution in [2.45, 2.75) is 95.8 Å². The molecule has 0 amide bonds. The lowest BCUT2D eigenvalue weighted by atomic mass is 9.62. The molecule has 0 rings (SSSR count). The molecule has 0 saturated heterocycles. The molecule has 0 aliphatic carbocycles. The highest BCUT2D eigenvalue weighted by Gasteiger charge is 2.55. The van der Waals surface area contributed by atoms with Gasteiger partial charge in [0.1, 0.15) is 3.92 Å². The minimum atomic E-state index is -1.20. The van der Waals surface area contributed by atoms with Crippen molar-refractivity contribution in [3.63, 3.8) is 0 Å². The Morgan fingerprint density at radius 2 is 1.24 bits per heavy atom. The first-order valence-electron chi connectivity index (χ1n) is 9.86. The smallest absolute Gasteiger partial charge is 0.317 e. The summed E-state index contributed by atoms with van der Waals surface area (Å²) in [5, 5.41) is 19.7. The molecule has 0 heterocycles. The van der Waals surface area contributed by atoms with Gasteiger partial charge in [0.2, 0.25) is 0 Å². The minimum Gasteiger partial charge on any atom is -0.481 e. The lowest BCUT2D eigenvalue weighted by Crippen LogP contribution is -2.52. The molecule has 25 heavy (non-hydrogen) atoms. The van der Waals surface area contributed by atoms with E-state index < -0.39 is 21.3 Å². The Hall–Kier alpha value is -0.330. The highest BCUT2D eigenvalue weighted by molar-refractivity contribution is 14.1. The molecule has 0 saturated carbocycles. The topological polar surface area (TPSA) is 74.6 Å². The summed E-state index contributed by atoms with van der Waals surface area (Å²) in [5.41, 5.74) is -1.20. The van der Waals surface area contributed by atoms with E-state index in [1.165, 1.54) is 0 Å². The van der Waals surface area contributed by atoms with E-state index in [2.05, 4.69) is 13.8 Å². The Morgan fingerprint density at radius 3 is 1.52 bits per heavy atom. The predicted octanol–water partition coefficient (Wildman–Crippen LogP) is 6.16. The summed E-state index contributed by atoms with van der Waals surface area (Å²) in [6.07, 6.45) is 10.2. The average molecular weight is 468 g/mol. The molecular formula is C20H37IO4. The van der Waals surface area contributed by atoms with Crippen LogP contribution in [0.2, 0.25) is 0 Å². The monoisotopic (exact) mass is 468 g/mol. The van der Waals surface area contributed by atoms with E-state index in [1.54, 1.807) is 0 Å². The number of hydrogen-bond donors (Lipinski definition) is 2. The fourth-order valence-corrected chi connectivity index (χ4v) is 5.45. The summed E-state index contributed by atoms with van der Waals surface area (Å²) in [6, 6.07) is 0. The van der Waals surface area contributed by atoms with Crippen LogP contribution in [0.3, 0.4) is 0 Å². The van der Waals surface area contributed by atoms with Gasteiger partial charge in [-0.1, -0.05) is 102 Å². The van der Waals surface area contributed by atoms with Gasteiger partial charge >= 0.3 is 11.9 Å². The zero-order valence-corrected chi connectivity index (χ0v) is 18.5. The van der Waals surface area contributed by atoms with E-state index >= 15 is 0 Å². The largest absolute Gasteiger partial charge is 0.481 e. The second-order valence-corrected chi connectivity index (χ2v) is 8.69. The van der Waals surface area contributed by atoms with Gasteiger partial charge in [0.05, 0.1) is 5.41 Å². The van der Waals surface area contributed by atoms with Crippen LogP contribution in [-0.2, 0) is 9.59 Å². The molecule has 0 spiro atoms. The zero-order chi connectivity index (χ0) is 19.5. The number of carboxylic acid groups (broad SMARTS) is 2. The number of halogens is 1. The molecule has 0 aromatic carbocycles. The van der Waals surface area contributed by atoms with Crippen molar-refractivity contribution in [2.75, 3.05) is 0 Å². The first kappa shape index (κ1) is 24.7. The van der Waals surface area contributed by atoms with Gasteiger partial charge in [-0.05, 0) is 24.7 Å². The molecule has 148 valence electrons. The number of rotatable bonds is 15. The molecule has 0 aromatic heterocycles. The fourth-order valence-electron chi connectivity index (χ4n) is 3.95. The van der Waals surface area contributed by atoms with Crippen molar-refractivity contribution in [1.82, 2.24) is 0 Å². The van der Waals surface area contributed by atoms with Crippen molar-refractivity contribution >= 4 is 34.5 Å². The van der Waals surface area contributed by atoms with E-state index in [1.807, 2.05) is 36.4 Å². The highest BCUT2D eigenvalue weighted by atomic mass is 127. The fraction of sp³-hybridized carbons (Fsp3) is 0.900. The number of hydrogen-bond acceptors (Lipinski definition) is 2. The number of carbonyl (C=O) groups is 2. The van der Waals surface area contributed by atoms with Crippen LogP contribution in [0, 0.1) is 17.3 Å². The van der Waals surface area contributed by atoms with Gasteiger partial charge in [-0.2, -0.15) is 0 Å². The third kappa shape index (κ3) is 7.06. The van der Waals surface area contributed by atoms with Crippen LogP contribution < -0.4 is 0 Å². The van der Waals surface area contributed by atoms with Crippen molar-refractivity contribution in [3.05, 3.63) is 0 Å². The summed E-state index contributed by atoms with van der Waals surface area (Å²) >= 11 is 1.85. The summed E-state index contributed by atoms with van der Waals surface area (Å²) in [4.78, 5) is 24.1.